The summed E-state index contributed by atoms with van der Waals surface area (Å²) in [4.78, 5) is 18.7. The molecule has 2 bridgehead atoms. The molecule has 0 spiro atoms. The van der Waals surface area contributed by atoms with Crippen molar-refractivity contribution in [2.75, 3.05) is 7.11 Å². The number of nitrogens with zero attached hydrogens (tertiary/aromatic N) is 2. The third-order valence-corrected chi connectivity index (χ3v) is 5.68. The summed E-state index contributed by atoms with van der Waals surface area (Å²) in [5, 5.41) is 11.3. The monoisotopic (exact) mass is 368 g/mol. The second kappa shape index (κ2) is 7.19. The number of benzene rings is 1. The van der Waals surface area contributed by atoms with Crippen molar-refractivity contribution in [1.82, 2.24) is 9.88 Å². The van der Waals surface area contributed by atoms with Gasteiger partial charge in [0.2, 0.25) is 0 Å². The van der Waals surface area contributed by atoms with Crippen LogP contribution >= 0.6 is 0 Å². The Morgan fingerprint density at radius 3 is 2.59 bits per heavy atom. The second-order valence-electron chi connectivity index (χ2n) is 7.35. The number of carbonyl (C=O) groups excluding carboxylic acids is 1. The van der Waals surface area contributed by atoms with Crippen molar-refractivity contribution in [2.24, 2.45) is 0 Å². The Kier molecular flexibility index (Phi) is 4.74. The molecular weight excluding hydrogens is 344 g/mol. The van der Waals surface area contributed by atoms with Gasteiger partial charge in [0.1, 0.15) is 12.4 Å². The number of fused-ring (bicyclic) bond motifs is 2. The van der Waals surface area contributed by atoms with Gasteiger partial charge in [-0.25, -0.2) is 4.79 Å². The van der Waals surface area contributed by atoms with Gasteiger partial charge in [-0.2, -0.15) is 0 Å². The van der Waals surface area contributed by atoms with E-state index < -0.39 is 5.60 Å². The molecule has 27 heavy (non-hydrogen) atoms. The molecule has 1 aromatic heterocycles. The number of hydrogen-bond acceptors (Lipinski definition) is 5. The van der Waals surface area contributed by atoms with Crippen molar-refractivity contribution in [3.63, 3.8) is 0 Å². The number of pyridine rings is 1. The van der Waals surface area contributed by atoms with Gasteiger partial charge in [-0.15, -0.1) is 0 Å². The summed E-state index contributed by atoms with van der Waals surface area (Å²) in [6.07, 6.45) is 5.69. The molecule has 0 aliphatic carbocycles. The summed E-state index contributed by atoms with van der Waals surface area (Å²) >= 11 is 0. The molecule has 1 aromatic carbocycles. The van der Waals surface area contributed by atoms with Crippen LogP contribution in [0.4, 0.5) is 4.79 Å². The van der Waals surface area contributed by atoms with E-state index in [1.54, 1.807) is 25.6 Å². The van der Waals surface area contributed by atoms with E-state index in [4.69, 9.17) is 9.47 Å². The van der Waals surface area contributed by atoms with E-state index in [2.05, 4.69) is 4.98 Å². The number of aromatic nitrogens is 1. The third-order valence-electron chi connectivity index (χ3n) is 5.68. The number of ether oxygens (including phenoxy) is 2. The number of carbonyl (C=O) groups is 1. The van der Waals surface area contributed by atoms with Crippen LogP contribution in [0.2, 0.25) is 0 Å². The predicted molar refractivity (Wildman–Crippen MR) is 99.2 cm³/mol. The Hall–Kier alpha value is -2.60. The number of rotatable bonds is 4. The molecule has 6 heteroatoms. The largest absolute Gasteiger partial charge is 0.496 e. The lowest BCUT2D eigenvalue weighted by atomic mass is 9.81. The van der Waals surface area contributed by atoms with Crippen LogP contribution in [0.5, 0.6) is 5.75 Å². The van der Waals surface area contributed by atoms with Crippen LogP contribution in [0.15, 0.2) is 48.8 Å². The highest BCUT2D eigenvalue weighted by Gasteiger charge is 2.51. The summed E-state index contributed by atoms with van der Waals surface area (Å²) in [7, 11) is 1.59. The predicted octanol–water partition coefficient (Wildman–Crippen LogP) is 3.24. The minimum Gasteiger partial charge on any atom is -0.496 e. The van der Waals surface area contributed by atoms with Crippen molar-refractivity contribution in [3.8, 4) is 5.75 Å². The minimum atomic E-state index is -1.04. The number of aliphatic hydroxyl groups is 1. The SMILES string of the molecule is COc1ccncc1C1(O)CC2CCC(C1)N2C(=O)OCc1ccccc1. The van der Waals surface area contributed by atoms with Gasteiger partial charge in [0, 0.05) is 42.9 Å². The summed E-state index contributed by atoms with van der Waals surface area (Å²) in [6, 6.07) is 11.3. The third kappa shape index (κ3) is 3.37. The summed E-state index contributed by atoms with van der Waals surface area (Å²) < 4.78 is 10.9. The van der Waals surface area contributed by atoms with Gasteiger partial charge in [-0.1, -0.05) is 30.3 Å². The Morgan fingerprint density at radius 1 is 1.22 bits per heavy atom. The fourth-order valence-corrected chi connectivity index (χ4v) is 4.45. The molecule has 2 unspecified atom stereocenters. The average molecular weight is 368 g/mol. The number of piperidine rings is 1. The molecule has 1 N–H and O–H groups in total. The van der Waals surface area contributed by atoms with Gasteiger partial charge in [0.15, 0.2) is 0 Å². The molecule has 3 heterocycles. The van der Waals surface area contributed by atoms with E-state index in [1.807, 2.05) is 35.2 Å². The molecule has 6 nitrogen and oxygen atoms in total. The van der Waals surface area contributed by atoms with Crippen LogP contribution in [-0.2, 0) is 16.9 Å². The Morgan fingerprint density at radius 2 is 1.93 bits per heavy atom. The van der Waals surface area contributed by atoms with Crippen molar-refractivity contribution in [2.45, 2.75) is 50.0 Å². The highest BCUT2D eigenvalue weighted by molar-refractivity contribution is 5.69. The first-order chi connectivity index (χ1) is 13.1. The lowest BCUT2D eigenvalue weighted by molar-refractivity contribution is -0.0550. The van der Waals surface area contributed by atoms with Gasteiger partial charge in [0.05, 0.1) is 12.7 Å². The summed E-state index contributed by atoms with van der Waals surface area (Å²) in [6.45, 7) is 0.260. The van der Waals surface area contributed by atoms with Crippen LogP contribution in [0.1, 0.15) is 36.8 Å². The van der Waals surface area contributed by atoms with Gasteiger partial charge in [-0.05, 0) is 24.5 Å². The number of hydrogen-bond donors (Lipinski definition) is 1. The Labute approximate surface area is 158 Å². The zero-order chi connectivity index (χ0) is 18.9. The molecule has 142 valence electrons. The maximum Gasteiger partial charge on any atom is 0.410 e. The lowest BCUT2D eigenvalue weighted by Crippen LogP contribution is -2.52. The lowest BCUT2D eigenvalue weighted by Gasteiger charge is -2.43. The molecule has 2 aromatic rings. The normalized spacial score (nSPS) is 26.7. The summed E-state index contributed by atoms with van der Waals surface area (Å²) in [5.41, 5.74) is 0.621. The smallest absolute Gasteiger partial charge is 0.410 e. The van der Waals surface area contributed by atoms with E-state index in [1.165, 1.54) is 0 Å². The summed E-state index contributed by atoms with van der Waals surface area (Å²) in [5.74, 6) is 0.631. The van der Waals surface area contributed by atoms with E-state index in [-0.39, 0.29) is 24.8 Å². The topological polar surface area (TPSA) is 71.9 Å². The van der Waals surface area contributed by atoms with Crippen molar-refractivity contribution in [3.05, 3.63) is 59.9 Å². The van der Waals surface area contributed by atoms with E-state index in [0.717, 1.165) is 18.4 Å². The molecule has 1 amide bonds. The quantitative estimate of drug-likeness (QED) is 0.897. The van der Waals surface area contributed by atoms with Crippen LogP contribution in [0.25, 0.3) is 0 Å². The van der Waals surface area contributed by atoms with Crippen LogP contribution in [0, 0.1) is 0 Å². The molecule has 0 saturated carbocycles. The van der Waals surface area contributed by atoms with Crippen molar-refractivity contribution in [1.29, 1.82) is 0 Å². The molecule has 2 aliphatic rings. The molecular formula is C21H24N2O4. The van der Waals surface area contributed by atoms with Crippen molar-refractivity contribution < 1.29 is 19.4 Å². The van der Waals surface area contributed by atoms with Crippen LogP contribution in [-0.4, -0.2) is 40.3 Å². The van der Waals surface area contributed by atoms with Gasteiger partial charge in [0.25, 0.3) is 0 Å². The standard InChI is InChI=1S/C21H24N2O4/c1-26-19-9-10-22-13-18(19)21(25)11-16-7-8-17(12-21)23(16)20(24)27-14-15-5-3-2-4-6-15/h2-6,9-10,13,16-17,25H,7-8,11-12,14H2,1H3. The Balaban J connectivity index is 1.48. The maximum absolute atomic E-state index is 12.7. The number of methoxy groups -OCH3 is 1. The molecule has 2 aliphatic heterocycles. The minimum absolute atomic E-state index is 0.0399. The molecule has 0 radical (unpaired) electrons. The molecule has 2 saturated heterocycles. The molecule has 2 atom stereocenters. The zero-order valence-electron chi connectivity index (χ0n) is 15.4. The first kappa shape index (κ1) is 17.8. The Bertz CT molecular complexity index is 797. The fourth-order valence-electron chi connectivity index (χ4n) is 4.45. The molecule has 4 rings (SSSR count). The van der Waals surface area contributed by atoms with E-state index in [0.29, 0.717) is 24.2 Å². The van der Waals surface area contributed by atoms with Crippen LogP contribution < -0.4 is 4.74 Å². The average Bonchev–Trinajstić information content (AvgIpc) is 2.99. The first-order valence-electron chi connectivity index (χ1n) is 9.30. The van der Waals surface area contributed by atoms with Gasteiger partial charge < -0.3 is 19.5 Å². The molecule has 2 fully saturated rings. The van der Waals surface area contributed by atoms with Gasteiger partial charge >= 0.3 is 6.09 Å². The van der Waals surface area contributed by atoms with Crippen LogP contribution in [0.3, 0.4) is 0 Å². The highest BCUT2D eigenvalue weighted by atomic mass is 16.6. The fraction of sp³-hybridized carbons (Fsp3) is 0.429. The number of amides is 1. The zero-order valence-corrected chi connectivity index (χ0v) is 15.4. The highest BCUT2D eigenvalue weighted by Crippen LogP contribution is 2.47. The van der Waals surface area contributed by atoms with E-state index >= 15 is 0 Å². The van der Waals surface area contributed by atoms with Gasteiger partial charge in [-0.3, -0.25) is 4.98 Å². The second-order valence-corrected chi connectivity index (χ2v) is 7.35. The maximum atomic E-state index is 12.7. The van der Waals surface area contributed by atoms with E-state index in [9.17, 15) is 9.90 Å². The van der Waals surface area contributed by atoms with Crippen molar-refractivity contribution >= 4 is 6.09 Å². The first-order valence-corrected chi connectivity index (χ1v) is 9.30.